The lowest BCUT2D eigenvalue weighted by molar-refractivity contribution is -0.115. The van der Waals surface area contributed by atoms with Crippen LogP contribution in [0, 0.1) is 36.5 Å². The van der Waals surface area contributed by atoms with Crippen LogP contribution in [0.4, 0.5) is 5.00 Å². The molecule has 1 unspecified atom stereocenters. The van der Waals surface area contributed by atoms with E-state index in [0.29, 0.717) is 32.8 Å². The van der Waals surface area contributed by atoms with Crippen LogP contribution in [0.1, 0.15) is 71.2 Å². The number of aryl methyl sites for hydroxylation is 2. The van der Waals surface area contributed by atoms with Gasteiger partial charge in [-0.15, -0.1) is 23.1 Å². The van der Waals surface area contributed by atoms with Crippen LogP contribution >= 0.6 is 23.1 Å². The number of carbonyl (C=O) groups is 2. The van der Waals surface area contributed by atoms with Gasteiger partial charge in [-0.1, -0.05) is 20.8 Å². The standard InChI is InChI=1S/C25H31N3O3S2/c1-14-11-15(2)27-22(18(14)13-26)32-10-9-20(29)28-23-21(24(30)31-6)17-8-7-16(25(3,4)5)12-19(17)33-23/h11,16H,7-10,12H2,1-6H3,(H,28,29). The Morgan fingerprint density at radius 1 is 1.36 bits per heavy atom. The van der Waals surface area contributed by atoms with Gasteiger partial charge >= 0.3 is 5.97 Å². The smallest absolute Gasteiger partial charge is 0.341 e. The number of thioether (sulfide) groups is 1. The summed E-state index contributed by atoms with van der Waals surface area (Å²) in [4.78, 5) is 30.9. The number of fused-ring (bicyclic) bond motifs is 1. The molecule has 6 nitrogen and oxygen atoms in total. The van der Waals surface area contributed by atoms with E-state index in [1.54, 1.807) is 0 Å². The molecule has 8 heteroatoms. The minimum absolute atomic E-state index is 0.165. The Morgan fingerprint density at radius 3 is 2.73 bits per heavy atom. The van der Waals surface area contributed by atoms with Crippen LogP contribution in [0.3, 0.4) is 0 Å². The number of nitrogens with one attached hydrogen (secondary N) is 1. The van der Waals surface area contributed by atoms with Crippen molar-refractivity contribution < 1.29 is 14.3 Å². The van der Waals surface area contributed by atoms with Crippen LogP contribution in [0.2, 0.25) is 0 Å². The third-order valence-corrected chi connectivity index (χ3v) is 8.27. The third kappa shape index (κ3) is 5.77. The lowest BCUT2D eigenvalue weighted by Crippen LogP contribution is -2.26. The van der Waals surface area contributed by atoms with Crippen molar-refractivity contribution in [2.24, 2.45) is 11.3 Å². The number of nitriles is 1. The van der Waals surface area contributed by atoms with Crippen molar-refractivity contribution in [3.63, 3.8) is 0 Å². The average molecular weight is 486 g/mol. The number of hydrogen-bond donors (Lipinski definition) is 1. The zero-order chi connectivity index (χ0) is 24.3. The van der Waals surface area contributed by atoms with Crippen LogP contribution in [0.15, 0.2) is 11.1 Å². The molecule has 1 aliphatic rings. The molecular weight excluding hydrogens is 454 g/mol. The van der Waals surface area contributed by atoms with Crippen LogP contribution < -0.4 is 5.32 Å². The van der Waals surface area contributed by atoms with Gasteiger partial charge in [-0.2, -0.15) is 5.26 Å². The van der Waals surface area contributed by atoms with Gasteiger partial charge in [-0.25, -0.2) is 9.78 Å². The van der Waals surface area contributed by atoms with E-state index in [0.717, 1.165) is 36.1 Å². The minimum atomic E-state index is -0.399. The minimum Gasteiger partial charge on any atom is -0.465 e. The third-order valence-electron chi connectivity index (χ3n) is 6.12. The molecule has 1 amide bonds. The second kappa shape index (κ2) is 10.3. The molecule has 3 rings (SSSR count). The molecule has 0 radical (unpaired) electrons. The quantitative estimate of drug-likeness (QED) is 0.417. The van der Waals surface area contributed by atoms with Crippen LogP contribution in [-0.2, 0) is 22.4 Å². The van der Waals surface area contributed by atoms with Gasteiger partial charge in [0.05, 0.1) is 18.2 Å². The summed E-state index contributed by atoms with van der Waals surface area (Å²) in [5.74, 6) is 0.459. The first kappa shape index (κ1) is 25.3. The van der Waals surface area contributed by atoms with Gasteiger partial charge in [0.25, 0.3) is 0 Å². The molecule has 0 saturated heterocycles. The summed E-state index contributed by atoms with van der Waals surface area (Å²) in [6.45, 7) is 10.5. The number of ether oxygens (including phenoxy) is 1. The summed E-state index contributed by atoms with van der Waals surface area (Å²) in [7, 11) is 1.37. The monoisotopic (exact) mass is 485 g/mol. The van der Waals surface area contributed by atoms with Crippen molar-refractivity contribution in [2.45, 2.75) is 65.3 Å². The van der Waals surface area contributed by atoms with Gasteiger partial charge < -0.3 is 10.1 Å². The van der Waals surface area contributed by atoms with Crippen molar-refractivity contribution in [1.82, 2.24) is 4.98 Å². The maximum atomic E-state index is 12.7. The molecule has 0 spiro atoms. The molecule has 1 atom stereocenters. The van der Waals surface area contributed by atoms with Crippen LogP contribution in [0.5, 0.6) is 0 Å². The Balaban J connectivity index is 1.72. The Labute approximate surface area is 204 Å². The second-order valence-electron chi connectivity index (χ2n) is 9.52. The number of esters is 1. The molecule has 2 heterocycles. The van der Waals surface area contributed by atoms with Crippen molar-refractivity contribution in [1.29, 1.82) is 5.26 Å². The van der Waals surface area contributed by atoms with Gasteiger partial charge in [-0.3, -0.25) is 4.79 Å². The lowest BCUT2D eigenvalue weighted by Gasteiger charge is -2.33. The number of hydrogen-bond acceptors (Lipinski definition) is 7. The van der Waals surface area contributed by atoms with Crippen molar-refractivity contribution in [3.8, 4) is 6.07 Å². The van der Waals surface area contributed by atoms with Gasteiger partial charge in [0.15, 0.2) is 0 Å². The highest BCUT2D eigenvalue weighted by molar-refractivity contribution is 7.99. The number of rotatable bonds is 6. The average Bonchev–Trinajstić information content (AvgIpc) is 3.09. The molecule has 0 aromatic carbocycles. The molecular formula is C25H31N3O3S2. The van der Waals surface area contributed by atoms with Gasteiger partial charge in [0, 0.05) is 22.7 Å². The maximum Gasteiger partial charge on any atom is 0.341 e. The SMILES string of the molecule is COC(=O)c1c(NC(=O)CCSc2nc(C)cc(C)c2C#N)sc2c1CCC(C(C)(C)C)C2. The summed E-state index contributed by atoms with van der Waals surface area (Å²) in [5, 5.41) is 13.6. The fourth-order valence-electron chi connectivity index (χ4n) is 4.20. The van der Waals surface area contributed by atoms with E-state index < -0.39 is 5.97 Å². The van der Waals surface area contributed by atoms with E-state index in [-0.39, 0.29) is 17.7 Å². The van der Waals surface area contributed by atoms with Crippen LogP contribution in [-0.4, -0.2) is 29.7 Å². The number of pyridine rings is 1. The zero-order valence-electron chi connectivity index (χ0n) is 20.1. The highest BCUT2D eigenvalue weighted by Crippen LogP contribution is 2.44. The van der Waals surface area contributed by atoms with E-state index >= 15 is 0 Å². The predicted molar refractivity (Wildman–Crippen MR) is 133 cm³/mol. The number of anilines is 1. The van der Waals surface area contributed by atoms with Crippen molar-refractivity contribution >= 4 is 40.0 Å². The van der Waals surface area contributed by atoms with Crippen LogP contribution in [0.25, 0.3) is 0 Å². The molecule has 1 N–H and O–H groups in total. The van der Waals surface area contributed by atoms with E-state index in [2.05, 4.69) is 37.1 Å². The Bertz CT molecular complexity index is 1110. The summed E-state index contributed by atoms with van der Waals surface area (Å²) >= 11 is 2.90. The largest absolute Gasteiger partial charge is 0.465 e. The number of methoxy groups -OCH3 is 1. The zero-order valence-corrected chi connectivity index (χ0v) is 21.8. The first-order valence-corrected chi connectivity index (χ1v) is 12.9. The van der Waals surface area contributed by atoms with Crippen molar-refractivity contribution in [2.75, 3.05) is 18.2 Å². The van der Waals surface area contributed by atoms with E-state index in [9.17, 15) is 14.9 Å². The summed E-state index contributed by atoms with van der Waals surface area (Å²) in [6, 6.07) is 4.08. The molecule has 0 saturated carbocycles. The molecule has 33 heavy (non-hydrogen) atoms. The molecule has 0 fully saturated rings. The first-order valence-electron chi connectivity index (χ1n) is 11.1. The fraction of sp³-hybridized carbons (Fsp3) is 0.520. The molecule has 176 valence electrons. The second-order valence-corrected chi connectivity index (χ2v) is 11.7. The number of nitrogens with zero attached hydrogens (tertiary/aromatic N) is 2. The number of amides is 1. The van der Waals surface area contributed by atoms with E-state index in [1.807, 2.05) is 19.9 Å². The Hall–Kier alpha value is -2.37. The summed E-state index contributed by atoms with van der Waals surface area (Å²) in [5.41, 5.74) is 4.01. The molecule has 2 aromatic heterocycles. The molecule has 1 aliphatic carbocycles. The van der Waals surface area contributed by atoms with Crippen molar-refractivity contribution in [3.05, 3.63) is 38.9 Å². The molecule has 2 aromatic rings. The normalized spacial score (nSPS) is 15.5. The topological polar surface area (TPSA) is 92.1 Å². The highest BCUT2D eigenvalue weighted by atomic mass is 32.2. The lowest BCUT2D eigenvalue weighted by atomic mass is 9.72. The van der Waals surface area contributed by atoms with E-state index in [4.69, 9.17) is 4.74 Å². The highest BCUT2D eigenvalue weighted by Gasteiger charge is 2.34. The maximum absolute atomic E-state index is 12.7. The Kier molecular flexibility index (Phi) is 7.86. The molecule has 0 bridgehead atoms. The van der Waals surface area contributed by atoms with Gasteiger partial charge in [-0.05, 0) is 61.6 Å². The number of thiophene rings is 1. The predicted octanol–water partition coefficient (Wildman–Crippen LogP) is 5.69. The summed E-state index contributed by atoms with van der Waals surface area (Å²) < 4.78 is 5.04. The summed E-state index contributed by atoms with van der Waals surface area (Å²) in [6.07, 6.45) is 3.00. The van der Waals surface area contributed by atoms with E-state index in [1.165, 1.54) is 35.1 Å². The van der Waals surface area contributed by atoms with Gasteiger partial charge in [0.2, 0.25) is 5.91 Å². The fourth-order valence-corrected chi connectivity index (χ4v) is 6.58. The number of carbonyl (C=O) groups excluding carboxylic acids is 2. The Morgan fingerprint density at radius 2 is 2.09 bits per heavy atom. The number of aromatic nitrogens is 1. The molecule has 0 aliphatic heterocycles. The first-order chi connectivity index (χ1) is 15.5. The van der Waals surface area contributed by atoms with Gasteiger partial charge in [0.1, 0.15) is 16.1 Å².